The Morgan fingerprint density at radius 3 is 2.18 bits per heavy atom. The van der Waals surface area contributed by atoms with Crippen molar-refractivity contribution in [3.05, 3.63) is 0 Å². The number of nitrogens with two attached hydrogens (primary N) is 1. The molecular formula is C10H19N. The SMILES string of the molecule is CC(C)C12CCCC(N)(C1)C2. The van der Waals surface area contributed by atoms with Gasteiger partial charge in [-0.25, -0.2) is 0 Å². The fourth-order valence-corrected chi connectivity index (χ4v) is 3.19. The molecule has 0 radical (unpaired) electrons. The fraction of sp³-hybridized carbons (Fsp3) is 1.00. The van der Waals surface area contributed by atoms with E-state index in [1.807, 2.05) is 0 Å². The minimum absolute atomic E-state index is 0.266. The van der Waals surface area contributed by atoms with Gasteiger partial charge in [0, 0.05) is 5.54 Å². The van der Waals surface area contributed by atoms with E-state index in [4.69, 9.17) is 5.73 Å². The van der Waals surface area contributed by atoms with Crippen molar-refractivity contribution in [2.24, 2.45) is 17.1 Å². The molecule has 0 amide bonds. The van der Waals surface area contributed by atoms with Gasteiger partial charge in [0.25, 0.3) is 0 Å². The summed E-state index contributed by atoms with van der Waals surface area (Å²) in [6.45, 7) is 4.70. The zero-order chi connectivity index (χ0) is 8.11. The van der Waals surface area contributed by atoms with Gasteiger partial charge in [-0.15, -0.1) is 0 Å². The lowest BCUT2D eigenvalue weighted by Gasteiger charge is -2.61. The van der Waals surface area contributed by atoms with Gasteiger partial charge in [0.15, 0.2) is 0 Å². The number of hydrogen-bond donors (Lipinski definition) is 1. The predicted molar refractivity (Wildman–Crippen MR) is 47.3 cm³/mol. The van der Waals surface area contributed by atoms with Crippen molar-refractivity contribution < 1.29 is 0 Å². The summed E-state index contributed by atoms with van der Waals surface area (Å²) in [5.74, 6) is 0.847. The van der Waals surface area contributed by atoms with Crippen LogP contribution >= 0.6 is 0 Å². The molecule has 0 aliphatic heterocycles. The van der Waals surface area contributed by atoms with Crippen LogP contribution in [-0.4, -0.2) is 5.54 Å². The van der Waals surface area contributed by atoms with Crippen LogP contribution in [0.25, 0.3) is 0 Å². The molecule has 0 unspecified atom stereocenters. The molecule has 1 nitrogen and oxygen atoms in total. The normalized spacial score (nSPS) is 49.1. The zero-order valence-corrected chi connectivity index (χ0v) is 7.69. The molecule has 0 aromatic rings. The molecule has 3 rings (SSSR count). The summed E-state index contributed by atoms with van der Waals surface area (Å²) >= 11 is 0. The molecule has 2 N–H and O–H groups in total. The van der Waals surface area contributed by atoms with E-state index < -0.39 is 0 Å². The monoisotopic (exact) mass is 153 g/mol. The van der Waals surface area contributed by atoms with Crippen molar-refractivity contribution in [2.75, 3.05) is 0 Å². The summed E-state index contributed by atoms with van der Waals surface area (Å²) in [6.07, 6.45) is 6.69. The third-order valence-electron chi connectivity index (χ3n) is 3.98. The third kappa shape index (κ3) is 0.936. The number of hydrogen-bond acceptors (Lipinski definition) is 1. The standard InChI is InChI=1S/C10H19N/c1-8(2)9-4-3-5-10(11,6-9)7-9/h8H,3-7,11H2,1-2H3. The van der Waals surface area contributed by atoms with Crippen molar-refractivity contribution in [3.63, 3.8) is 0 Å². The molecule has 0 heterocycles. The lowest BCUT2D eigenvalue weighted by atomic mass is 9.46. The Hall–Kier alpha value is -0.0400. The second kappa shape index (κ2) is 2.01. The molecule has 64 valence electrons. The van der Waals surface area contributed by atoms with Gasteiger partial charge in [-0.3, -0.25) is 0 Å². The van der Waals surface area contributed by atoms with Gasteiger partial charge in [-0.1, -0.05) is 20.3 Å². The Labute approximate surface area is 69.4 Å². The highest BCUT2D eigenvalue weighted by Crippen LogP contribution is 2.60. The molecule has 0 aromatic carbocycles. The Morgan fingerprint density at radius 1 is 1.18 bits per heavy atom. The number of fused-ring (bicyclic) bond motifs is 2. The molecule has 11 heavy (non-hydrogen) atoms. The van der Waals surface area contributed by atoms with Gasteiger partial charge < -0.3 is 5.73 Å². The van der Waals surface area contributed by atoms with Gasteiger partial charge in [0.1, 0.15) is 0 Å². The van der Waals surface area contributed by atoms with E-state index in [1.54, 1.807) is 0 Å². The summed E-state index contributed by atoms with van der Waals surface area (Å²) in [6, 6.07) is 0. The van der Waals surface area contributed by atoms with Crippen LogP contribution in [0.5, 0.6) is 0 Å². The number of rotatable bonds is 1. The van der Waals surface area contributed by atoms with E-state index in [0.717, 1.165) is 5.92 Å². The van der Waals surface area contributed by atoms with E-state index >= 15 is 0 Å². The first-order valence-electron chi connectivity index (χ1n) is 4.85. The van der Waals surface area contributed by atoms with Crippen LogP contribution in [0.3, 0.4) is 0 Å². The molecule has 0 saturated heterocycles. The summed E-state index contributed by atoms with van der Waals surface area (Å²) in [4.78, 5) is 0. The molecular weight excluding hydrogens is 134 g/mol. The smallest absolute Gasteiger partial charge is 0.0165 e. The van der Waals surface area contributed by atoms with Crippen LogP contribution in [0.15, 0.2) is 0 Å². The van der Waals surface area contributed by atoms with Crippen LogP contribution in [0, 0.1) is 11.3 Å². The van der Waals surface area contributed by atoms with Gasteiger partial charge >= 0.3 is 0 Å². The minimum Gasteiger partial charge on any atom is -0.325 e. The summed E-state index contributed by atoms with van der Waals surface area (Å²) in [5, 5.41) is 0. The fourth-order valence-electron chi connectivity index (χ4n) is 3.19. The highest BCUT2D eigenvalue weighted by molar-refractivity contribution is 5.11. The third-order valence-corrected chi connectivity index (χ3v) is 3.98. The van der Waals surface area contributed by atoms with Gasteiger partial charge in [0.2, 0.25) is 0 Å². The van der Waals surface area contributed by atoms with E-state index in [0.29, 0.717) is 5.41 Å². The quantitative estimate of drug-likeness (QED) is 0.614. The molecule has 3 saturated carbocycles. The summed E-state index contributed by atoms with van der Waals surface area (Å²) in [5.41, 5.74) is 7.09. The first-order valence-corrected chi connectivity index (χ1v) is 4.85. The Kier molecular flexibility index (Phi) is 1.39. The molecule has 2 bridgehead atoms. The predicted octanol–water partition coefficient (Wildman–Crippen LogP) is 2.30. The maximum absolute atomic E-state index is 6.17. The summed E-state index contributed by atoms with van der Waals surface area (Å²) in [7, 11) is 0. The van der Waals surface area contributed by atoms with Crippen LogP contribution < -0.4 is 5.73 Å². The lowest BCUT2D eigenvalue weighted by Crippen LogP contribution is -2.62. The lowest BCUT2D eigenvalue weighted by molar-refractivity contribution is -0.0650. The van der Waals surface area contributed by atoms with E-state index in [-0.39, 0.29) is 5.54 Å². The Balaban J connectivity index is 2.10. The van der Waals surface area contributed by atoms with Crippen LogP contribution in [0.1, 0.15) is 46.0 Å². The second-order valence-corrected chi connectivity index (χ2v) is 5.09. The van der Waals surface area contributed by atoms with E-state index in [9.17, 15) is 0 Å². The molecule has 0 spiro atoms. The Bertz CT molecular complexity index is 166. The van der Waals surface area contributed by atoms with Crippen molar-refractivity contribution in [1.82, 2.24) is 0 Å². The molecule has 0 aromatic heterocycles. The molecule has 1 heteroatoms. The second-order valence-electron chi connectivity index (χ2n) is 5.09. The Morgan fingerprint density at radius 2 is 1.82 bits per heavy atom. The highest BCUT2D eigenvalue weighted by Gasteiger charge is 2.55. The van der Waals surface area contributed by atoms with Crippen LogP contribution in [0.4, 0.5) is 0 Å². The first-order chi connectivity index (χ1) is 5.06. The average molecular weight is 153 g/mol. The van der Waals surface area contributed by atoms with Gasteiger partial charge in [-0.05, 0) is 37.0 Å². The largest absolute Gasteiger partial charge is 0.325 e. The minimum atomic E-state index is 0.266. The zero-order valence-electron chi connectivity index (χ0n) is 7.69. The van der Waals surface area contributed by atoms with Gasteiger partial charge in [0.05, 0.1) is 0 Å². The van der Waals surface area contributed by atoms with E-state index in [1.165, 1.54) is 32.1 Å². The van der Waals surface area contributed by atoms with Gasteiger partial charge in [-0.2, -0.15) is 0 Å². The topological polar surface area (TPSA) is 26.0 Å². The van der Waals surface area contributed by atoms with Crippen molar-refractivity contribution in [3.8, 4) is 0 Å². The van der Waals surface area contributed by atoms with Crippen molar-refractivity contribution >= 4 is 0 Å². The highest BCUT2D eigenvalue weighted by atomic mass is 14.8. The molecule has 3 aliphatic rings. The van der Waals surface area contributed by atoms with Crippen molar-refractivity contribution in [1.29, 1.82) is 0 Å². The maximum Gasteiger partial charge on any atom is 0.0165 e. The first kappa shape index (κ1) is 7.60. The van der Waals surface area contributed by atoms with Crippen LogP contribution in [-0.2, 0) is 0 Å². The molecule has 0 atom stereocenters. The van der Waals surface area contributed by atoms with Crippen LogP contribution in [0.2, 0.25) is 0 Å². The molecule has 3 fully saturated rings. The average Bonchev–Trinajstić information content (AvgIpc) is 1.85. The maximum atomic E-state index is 6.17. The van der Waals surface area contributed by atoms with Crippen molar-refractivity contribution in [2.45, 2.75) is 51.5 Å². The molecule has 3 aliphatic carbocycles. The van der Waals surface area contributed by atoms with E-state index in [2.05, 4.69) is 13.8 Å². The summed E-state index contributed by atoms with van der Waals surface area (Å²) < 4.78 is 0.